The Bertz CT molecular complexity index is 41.9. The minimum Gasteiger partial charge on any atom is -0.0810 e. The molecule has 0 fully saturated rings. The van der Waals surface area contributed by atoms with Crippen LogP contribution in [0.1, 0.15) is 19.3 Å². The van der Waals surface area contributed by atoms with Crippen molar-refractivity contribution < 1.29 is 19.5 Å². The average Bonchev–Trinajstić information content (AvgIpc) is 1.76. The van der Waals surface area contributed by atoms with E-state index in [1.54, 1.807) is 0 Å². The number of allylic oxidation sites excluding steroid dienone is 2. The Balaban J connectivity index is 0.000000250. The van der Waals surface area contributed by atoms with E-state index in [4.69, 9.17) is 0 Å². The molecule has 0 saturated heterocycles. The smallest absolute Gasteiger partial charge is 0 e. The monoisotopic (exact) mass is 169 g/mol. The summed E-state index contributed by atoms with van der Waals surface area (Å²) < 4.78 is 0. The van der Waals surface area contributed by atoms with Gasteiger partial charge in [0.25, 0.3) is 0 Å². The van der Waals surface area contributed by atoms with E-state index in [2.05, 4.69) is 12.2 Å². The van der Waals surface area contributed by atoms with Gasteiger partial charge in [0.1, 0.15) is 0 Å². The van der Waals surface area contributed by atoms with Crippen LogP contribution in [0, 0.1) is 6.08 Å². The zero-order valence-corrected chi connectivity index (χ0v) is 5.29. The molecule has 0 saturated carbocycles. The summed E-state index contributed by atoms with van der Waals surface area (Å²) in [5, 5.41) is 0. The second-order valence-electron chi connectivity index (χ2n) is 1.30. The first-order chi connectivity index (χ1) is 2.50. The van der Waals surface area contributed by atoms with Crippen LogP contribution in [0.15, 0.2) is 6.08 Å². The van der Waals surface area contributed by atoms with Crippen LogP contribution < -0.4 is 0 Å². The van der Waals surface area contributed by atoms with E-state index in [0.717, 1.165) is 0 Å². The first-order valence-corrected chi connectivity index (χ1v) is 2.05. The van der Waals surface area contributed by atoms with Crippen LogP contribution >= 0.6 is 0 Å². The summed E-state index contributed by atoms with van der Waals surface area (Å²) in [6, 6.07) is 0. The van der Waals surface area contributed by atoms with Gasteiger partial charge in [-0.1, -0.05) is 6.08 Å². The predicted molar refractivity (Wildman–Crippen MR) is 21.7 cm³/mol. The Hall–Kier alpha value is 0.363. The molecule has 0 amide bonds. The van der Waals surface area contributed by atoms with Crippen LogP contribution in [0.2, 0.25) is 0 Å². The van der Waals surface area contributed by atoms with Crippen LogP contribution in [0.4, 0.5) is 0 Å². The zero-order chi connectivity index (χ0) is 3.54. The number of hydrogen-bond acceptors (Lipinski definition) is 0. The van der Waals surface area contributed by atoms with Gasteiger partial charge in [0, 0.05) is 19.5 Å². The van der Waals surface area contributed by atoms with E-state index in [9.17, 15) is 0 Å². The molecule has 0 aromatic carbocycles. The van der Waals surface area contributed by atoms with E-state index >= 15 is 0 Å². The summed E-state index contributed by atoms with van der Waals surface area (Å²) in [5.74, 6) is 0. The van der Waals surface area contributed by atoms with Crippen molar-refractivity contribution in [2.75, 3.05) is 0 Å². The molecule has 0 aromatic rings. The van der Waals surface area contributed by atoms with Gasteiger partial charge in [-0.05, 0) is 25.3 Å². The molecule has 0 aromatic heterocycles. The van der Waals surface area contributed by atoms with E-state index in [1.165, 1.54) is 19.3 Å². The van der Waals surface area contributed by atoms with Gasteiger partial charge in [-0.3, -0.25) is 0 Å². The molecule has 0 N–H and O–H groups in total. The molecular weight excluding hydrogens is 161 g/mol. The van der Waals surface area contributed by atoms with Crippen molar-refractivity contribution >= 4 is 0 Å². The first kappa shape index (κ1) is 6.36. The van der Waals surface area contributed by atoms with Crippen LogP contribution in [-0.2, 0) is 19.5 Å². The fourth-order valence-electron chi connectivity index (χ4n) is 0.510. The largest absolute Gasteiger partial charge is 0.0810 e. The third kappa shape index (κ3) is 1.72. The van der Waals surface area contributed by atoms with Crippen molar-refractivity contribution in [2.45, 2.75) is 19.3 Å². The number of rotatable bonds is 0. The van der Waals surface area contributed by atoms with Crippen molar-refractivity contribution in [3.8, 4) is 0 Å². The fraction of sp³-hybridized carbons (Fsp3) is 0.600. The third-order valence-electron chi connectivity index (χ3n) is 0.814. The van der Waals surface area contributed by atoms with Gasteiger partial charge in [0.2, 0.25) is 0 Å². The molecule has 0 heterocycles. The minimum atomic E-state index is 0. The second kappa shape index (κ2) is 3.55. The molecule has 1 aliphatic carbocycles. The molecule has 1 radical (unpaired) electrons. The molecule has 0 unspecified atom stereocenters. The van der Waals surface area contributed by atoms with Gasteiger partial charge in [-0.2, -0.15) is 0 Å². The Kier molecular flexibility index (Phi) is 3.76. The van der Waals surface area contributed by atoms with E-state index < -0.39 is 0 Å². The Morgan fingerprint density at radius 2 is 2.33 bits per heavy atom. The van der Waals surface area contributed by atoms with Crippen molar-refractivity contribution in [3.05, 3.63) is 12.2 Å². The summed E-state index contributed by atoms with van der Waals surface area (Å²) in [7, 11) is 0. The molecular formula is C5H7Ru. The maximum atomic E-state index is 3.10. The Morgan fingerprint density at radius 1 is 1.50 bits per heavy atom. The molecule has 0 spiro atoms. The first-order valence-electron chi connectivity index (χ1n) is 2.05. The van der Waals surface area contributed by atoms with Crippen molar-refractivity contribution in [3.63, 3.8) is 0 Å². The molecule has 6 heavy (non-hydrogen) atoms. The maximum absolute atomic E-state index is 3.10. The standard InChI is InChI=1S/C5H7.Ru/c1-2-4-5-3-1;/h1H,2,4-5H2;. The van der Waals surface area contributed by atoms with Gasteiger partial charge in [0.05, 0.1) is 0 Å². The van der Waals surface area contributed by atoms with Crippen LogP contribution in [-0.4, -0.2) is 0 Å². The van der Waals surface area contributed by atoms with Crippen LogP contribution in [0.25, 0.3) is 0 Å². The van der Waals surface area contributed by atoms with Gasteiger partial charge in [-0.15, -0.1) is 0 Å². The molecule has 1 rings (SSSR count). The molecule has 0 atom stereocenters. The topological polar surface area (TPSA) is 0 Å². The van der Waals surface area contributed by atoms with Crippen molar-refractivity contribution in [1.82, 2.24) is 0 Å². The summed E-state index contributed by atoms with van der Waals surface area (Å²) in [4.78, 5) is 0. The van der Waals surface area contributed by atoms with Gasteiger partial charge in [-0.25, -0.2) is 0 Å². The molecule has 35 valence electrons. The summed E-state index contributed by atoms with van der Waals surface area (Å²) in [5.41, 5.74) is 0. The quantitative estimate of drug-likeness (QED) is 0.481. The van der Waals surface area contributed by atoms with E-state index in [1.807, 2.05) is 0 Å². The molecule has 0 nitrogen and oxygen atoms in total. The van der Waals surface area contributed by atoms with E-state index in [0.29, 0.717) is 0 Å². The van der Waals surface area contributed by atoms with Gasteiger partial charge >= 0.3 is 0 Å². The summed E-state index contributed by atoms with van der Waals surface area (Å²) in [6.45, 7) is 0. The van der Waals surface area contributed by atoms with Gasteiger partial charge in [0.15, 0.2) is 0 Å². The molecule has 1 aliphatic rings. The number of hydrogen-bond donors (Lipinski definition) is 0. The van der Waals surface area contributed by atoms with Crippen LogP contribution in [0.5, 0.6) is 0 Å². The van der Waals surface area contributed by atoms with Gasteiger partial charge < -0.3 is 0 Å². The Labute approximate surface area is 51.4 Å². The predicted octanol–water partition coefficient (Wildman–Crippen LogP) is 1.53. The SMILES string of the molecule is [C]1=CCCC1.[Ru]. The van der Waals surface area contributed by atoms with Crippen LogP contribution in [0.3, 0.4) is 0 Å². The molecule has 1 heteroatoms. The zero-order valence-electron chi connectivity index (χ0n) is 3.55. The Morgan fingerprint density at radius 3 is 2.50 bits per heavy atom. The van der Waals surface area contributed by atoms with E-state index in [-0.39, 0.29) is 19.5 Å². The summed E-state index contributed by atoms with van der Waals surface area (Å²) >= 11 is 0. The van der Waals surface area contributed by atoms with Crippen molar-refractivity contribution in [2.24, 2.45) is 0 Å². The molecule has 0 bridgehead atoms. The minimum absolute atomic E-state index is 0. The maximum Gasteiger partial charge on any atom is 0 e. The van der Waals surface area contributed by atoms with Crippen molar-refractivity contribution in [1.29, 1.82) is 0 Å². The molecule has 0 aliphatic heterocycles. The normalized spacial score (nSPS) is 17.3. The third-order valence-corrected chi connectivity index (χ3v) is 0.814. The summed E-state index contributed by atoms with van der Waals surface area (Å²) in [6.07, 6.45) is 9.00. The fourth-order valence-corrected chi connectivity index (χ4v) is 0.510. The average molecular weight is 168 g/mol. The second-order valence-corrected chi connectivity index (χ2v) is 1.30.